The Kier molecular flexibility index (Phi) is 5.66. The second kappa shape index (κ2) is 9.00. The molecule has 9 heteroatoms. The van der Waals surface area contributed by atoms with Crippen LogP contribution in [0.1, 0.15) is 38.3 Å². The van der Waals surface area contributed by atoms with Gasteiger partial charge in [0, 0.05) is 4.47 Å². The fraction of sp³-hybridized carbons (Fsp3) is 0.111. The van der Waals surface area contributed by atoms with Crippen LogP contribution >= 0.6 is 27.3 Å². The molecule has 3 aromatic carbocycles. The van der Waals surface area contributed by atoms with Gasteiger partial charge in [0.25, 0.3) is 5.91 Å². The minimum atomic E-state index is -0.736. The highest BCUT2D eigenvalue weighted by Crippen LogP contribution is 2.42. The van der Waals surface area contributed by atoms with Gasteiger partial charge in [0.05, 0.1) is 17.0 Å². The molecule has 0 fully saturated rings. The van der Waals surface area contributed by atoms with Crippen molar-refractivity contribution in [1.29, 1.82) is 0 Å². The Hall–Kier alpha value is -3.82. The number of amides is 1. The van der Waals surface area contributed by atoms with Gasteiger partial charge in [0.1, 0.15) is 22.9 Å². The minimum Gasteiger partial charge on any atom is -0.489 e. The van der Waals surface area contributed by atoms with Crippen molar-refractivity contribution in [3.05, 3.63) is 115 Å². The second-order valence-electron chi connectivity index (χ2n) is 8.34. The molecule has 0 aliphatic carbocycles. The third-order valence-corrected chi connectivity index (χ3v) is 7.31. The molecular formula is C27H18BrN3O4S. The minimum absolute atomic E-state index is 0.0169. The first-order chi connectivity index (χ1) is 17.5. The molecule has 1 aliphatic rings. The predicted octanol–water partition coefficient (Wildman–Crippen LogP) is 6.04. The van der Waals surface area contributed by atoms with Gasteiger partial charge in [-0.1, -0.05) is 69.7 Å². The number of hydrogen-bond donors (Lipinski definition) is 0. The molecule has 3 heterocycles. The fourth-order valence-corrected chi connectivity index (χ4v) is 5.43. The lowest BCUT2D eigenvalue weighted by molar-refractivity contribution is 0.0970. The van der Waals surface area contributed by atoms with E-state index in [2.05, 4.69) is 26.1 Å². The topological polar surface area (TPSA) is 85.5 Å². The van der Waals surface area contributed by atoms with Gasteiger partial charge in [0.15, 0.2) is 5.43 Å². The molecule has 0 radical (unpaired) electrons. The van der Waals surface area contributed by atoms with Crippen LogP contribution in [0.25, 0.3) is 11.0 Å². The molecule has 7 nitrogen and oxygen atoms in total. The van der Waals surface area contributed by atoms with E-state index in [-0.39, 0.29) is 16.8 Å². The fourth-order valence-electron chi connectivity index (χ4n) is 4.36. The van der Waals surface area contributed by atoms with Crippen LogP contribution < -0.4 is 15.1 Å². The monoisotopic (exact) mass is 559 g/mol. The van der Waals surface area contributed by atoms with Crippen molar-refractivity contribution in [2.75, 3.05) is 4.90 Å². The van der Waals surface area contributed by atoms with E-state index in [0.29, 0.717) is 39.0 Å². The van der Waals surface area contributed by atoms with Gasteiger partial charge in [-0.3, -0.25) is 14.5 Å². The normalized spacial score (nSPS) is 14.9. The highest BCUT2D eigenvalue weighted by atomic mass is 79.9. The summed E-state index contributed by atoms with van der Waals surface area (Å²) in [4.78, 5) is 28.9. The van der Waals surface area contributed by atoms with Crippen molar-refractivity contribution in [2.24, 2.45) is 0 Å². The maximum Gasteiger partial charge on any atom is 0.297 e. The van der Waals surface area contributed by atoms with Crippen LogP contribution in [0.5, 0.6) is 5.75 Å². The molecule has 0 bridgehead atoms. The lowest BCUT2D eigenvalue weighted by Crippen LogP contribution is -2.29. The number of nitrogens with zero attached hydrogens (tertiary/aromatic N) is 3. The summed E-state index contributed by atoms with van der Waals surface area (Å²) in [5, 5.41) is 9.80. The number of carbonyl (C=O) groups is 1. The molecule has 1 unspecified atom stereocenters. The number of rotatable bonds is 5. The van der Waals surface area contributed by atoms with Crippen LogP contribution in [0.4, 0.5) is 5.13 Å². The standard InChI is InChI=1S/C27H18BrN3O4S/c1-15-29-30-27(36-15)31-23(17-8-5-9-19(12-17)34-14-16-6-3-2-4-7-16)22-24(32)20-13-18(28)10-11-21(20)35-25(22)26(31)33/h2-13,23H,14H2,1H3. The molecule has 0 spiro atoms. The quantitative estimate of drug-likeness (QED) is 0.261. The second-order valence-corrected chi connectivity index (χ2v) is 10.4. The lowest BCUT2D eigenvalue weighted by atomic mass is 9.98. The summed E-state index contributed by atoms with van der Waals surface area (Å²) < 4.78 is 12.8. The van der Waals surface area contributed by atoms with E-state index in [1.807, 2.05) is 61.5 Å². The summed E-state index contributed by atoms with van der Waals surface area (Å²) in [6.07, 6.45) is 0. The molecule has 0 saturated carbocycles. The van der Waals surface area contributed by atoms with Crippen molar-refractivity contribution in [1.82, 2.24) is 10.2 Å². The SMILES string of the molecule is Cc1nnc(N2C(=O)c3oc4ccc(Br)cc4c(=O)c3C2c2cccc(OCc3ccccc3)c2)s1. The van der Waals surface area contributed by atoms with E-state index in [4.69, 9.17) is 9.15 Å². The van der Waals surface area contributed by atoms with Crippen LogP contribution in [0, 0.1) is 6.92 Å². The number of aryl methyl sites for hydroxylation is 1. The number of fused-ring (bicyclic) bond motifs is 2. The van der Waals surface area contributed by atoms with Gasteiger partial charge in [-0.2, -0.15) is 0 Å². The average molecular weight is 560 g/mol. The van der Waals surface area contributed by atoms with Crippen molar-refractivity contribution in [3.63, 3.8) is 0 Å². The van der Waals surface area contributed by atoms with E-state index < -0.39 is 11.9 Å². The Morgan fingerprint density at radius 1 is 1.03 bits per heavy atom. The first kappa shape index (κ1) is 22.6. The van der Waals surface area contributed by atoms with Gasteiger partial charge in [-0.05, 0) is 48.4 Å². The first-order valence-corrected chi connectivity index (χ1v) is 12.8. The summed E-state index contributed by atoms with van der Waals surface area (Å²) in [6.45, 7) is 2.21. The van der Waals surface area contributed by atoms with Gasteiger partial charge >= 0.3 is 0 Å². The van der Waals surface area contributed by atoms with Crippen LogP contribution in [-0.2, 0) is 6.61 Å². The number of hydrogen-bond acceptors (Lipinski definition) is 7. The number of benzene rings is 3. The van der Waals surface area contributed by atoms with Crippen molar-refractivity contribution >= 4 is 49.3 Å². The highest BCUT2D eigenvalue weighted by Gasteiger charge is 2.45. The molecule has 1 aliphatic heterocycles. The third-order valence-electron chi connectivity index (χ3n) is 5.98. The Morgan fingerprint density at radius 2 is 1.86 bits per heavy atom. The zero-order valence-corrected chi connectivity index (χ0v) is 21.4. The maximum absolute atomic E-state index is 13.8. The van der Waals surface area contributed by atoms with E-state index in [9.17, 15) is 9.59 Å². The molecule has 5 aromatic rings. The van der Waals surface area contributed by atoms with Crippen molar-refractivity contribution in [3.8, 4) is 5.75 Å². The molecule has 6 rings (SSSR count). The van der Waals surface area contributed by atoms with E-state index in [0.717, 1.165) is 10.0 Å². The zero-order valence-electron chi connectivity index (χ0n) is 19.0. The largest absolute Gasteiger partial charge is 0.489 e. The Morgan fingerprint density at radius 3 is 2.64 bits per heavy atom. The van der Waals surface area contributed by atoms with E-state index in [1.165, 1.54) is 16.2 Å². The molecule has 1 amide bonds. The summed E-state index contributed by atoms with van der Waals surface area (Å²) >= 11 is 4.71. The van der Waals surface area contributed by atoms with E-state index >= 15 is 0 Å². The number of halogens is 1. The highest BCUT2D eigenvalue weighted by molar-refractivity contribution is 9.10. The Bertz CT molecular complexity index is 1680. The summed E-state index contributed by atoms with van der Waals surface area (Å²) in [7, 11) is 0. The summed E-state index contributed by atoms with van der Waals surface area (Å²) in [6, 6.07) is 21.7. The summed E-state index contributed by atoms with van der Waals surface area (Å²) in [5.74, 6) is 0.213. The van der Waals surface area contributed by atoms with Gasteiger partial charge in [0.2, 0.25) is 10.9 Å². The molecule has 178 valence electrons. The van der Waals surface area contributed by atoms with Crippen LogP contribution in [0.2, 0.25) is 0 Å². The van der Waals surface area contributed by atoms with Crippen LogP contribution in [-0.4, -0.2) is 16.1 Å². The number of aromatic nitrogens is 2. The van der Waals surface area contributed by atoms with Gasteiger partial charge < -0.3 is 9.15 Å². The van der Waals surface area contributed by atoms with Crippen molar-refractivity contribution in [2.45, 2.75) is 19.6 Å². The Labute approximate surface area is 218 Å². The van der Waals surface area contributed by atoms with Crippen LogP contribution in [0.3, 0.4) is 0 Å². The van der Waals surface area contributed by atoms with Crippen LogP contribution in [0.15, 0.2) is 86.5 Å². The molecule has 0 N–H and O–H groups in total. The maximum atomic E-state index is 13.8. The lowest BCUT2D eigenvalue weighted by Gasteiger charge is -2.22. The Balaban J connectivity index is 1.49. The molecule has 0 saturated heterocycles. The van der Waals surface area contributed by atoms with E-state index in [1.54, 1.807) is 18.2 Å². The van der Waals surface area contributed by atoms with Gasteiger partial charge in [-0.25, -0.2) is 0 Å². The van der Waals surface area contributed by atoms with Gasteiger partial charge in [-0.15, -0.1) is 10.2 Å². The average Bonchev–Trinajstić information content (AvgIpc) is 3.45. The van der Waals surface area contributed by atoms with Crippen molar-refractivity contribution < 1.29 is 13.9 Å². The molecule has 1 atom stereocenters. The first-order valence-electron chi connectivity index (χ1n) is 11.2. The third kappa shape index (κ3) is 3.90. The smallest absolute Gasteiger partial charge is 0.297 e. The predicted molar refractivity (Wildman–Crippen MR) is 141 cm³/mol. The number of ether oxygens (including phenoxy) is 1. The summed E-state index contributed by atoms with van der Waals surface area (Å²) in [5.41, 5.74) is 2.11. The molecular weight excluding hydrogens is 542 g/mol. The number of anilines is 1. The zero-order chi connectivity index (χ0) is 24.8. The molecule has 36 heavy (non-hydrogen) atoms. The molecule has 2 aromatic heterocycles. The number of carbonyl (C=O) groups excluding carboxylic acids is 1.